The molecule has 0 spiro atoms. The van der Waals surface area contributed by atoms with Crippen LogP contribution in [0, 0.1) is 0 Å². The van der Waals surface area contributed by atoms with Crippen LogP contribution < -0.4 is 56.7 Å². The van der Waals surface area contributed by atoms with E-state index in [4.69, 9.17) is 0 Å². The Morgan fingerprint density at radius 2 is 2.00 bits per heavy atom. The van der Waals surface area contributed by atoms with E-state index in [1.54, 1.807) is 19.2 Å². The zero-order valence-electron chi connectivity index (χ0n) is 8.66. The Balaban J connectivity index is 0.00000169. The van der Waals surface area contributed by atoms with Crippen molar-refractivity contribution in [2.24, 2.45) is 0 Å². The number of benzene rings is 1. The van der Waals surface area contributed by atoms with Crippen molar-refractivity contribution in [3.63, 3.8) is 0 Å². The Morgan fingerprint density at radius 3 is 2.57 bits per heavy atom. The van der Waals surface area contributed by atoms with Gasteiger partial charge in [0, 0.05) is 5.56 Å². The summed E-state index contributed by atoms with van der Waals surface area (Å²) in [5.74, 6) is -0.0377. The Bertz CT molecular complexity index is 264. The van der Waals surface area contributed by atoms with E-state index in [-0.39, 0.29) is 57.3 Å². The molecular formula is C10H13KN2O. The number of nitrogens with zero attached hydrogens (tertiary/aromatic N) is 1. The van der Waals surface area contributed by atoms with Crippen molar-refractivity contribution in [2.75, 3.05) is 20.1 Å². The summed E-state index contributed by atoms with van der Waals surface area (Å²) in [4.78, 5) is 11.4. The monoisotopic (exact) mass is 216 g/mol. The molecule has 70 valence electrons. The third kappa shape index (κ3) is 5.24. The second-order valence-corrected chi connectivity index (χ2v) is 2.66. The maximum atomic E-state index is 11.4. The molecule has 1 N–H and O–H groups in total. The fraction of sp³-hybridized carbons (Fsp3) is 0.300. The fourth-order valence-corrected chi connectivity index (χ4v) is 0.973. The molecule has 4 heteroatoms. The predicted octanol–water partition coefficient (Wildman–Crippen LogP) is -1.58. The van der Waals surface area contributed by atoms with Gasteiger partial charge in [-0.3, -0.25) is 4.79 Å². The molecule has 3 nitrogen and oxygen atoms in total. The van der Waals surface area contributed by atoms with Gasteiger partial charge in [0.2, 0.25) is 0 Å². The molecule has 1 rings (SSSR count). The predicted molar refractivity (Wildman–Crippen MR) is 52.9 cm³/mol. The van der Waals surface area contributed by atoms with Crippen LogP contribution in [0.1, 0.15) is 10.4 Å². The molecule has 14 heavy (non-hydrogen) atoms. The van der Waals surface area contributed by atoms with Crippen LogP contribution >= 0.6 is 0 Å². The van der Waals surface area contributed by atoms with Crippen LogP contribution in [0.15, 0.2) is 30.3 Å². The first-order valence-corrected chi connectivity index (χ1v) is 4.23. The molecule has 0 heterocycles. The van der Waals surface area contributed by atoms with E-state index in [0.29, 0.717) is 18.7 Å². The van der Waals surface area contributed by atoms with Gasteiger partial charge in [-0.1, -0.05) is 18.2 Å². The maximum absolute atomic E-state index is 11.4. The third-order valence-corrected chi connectivity index (χ3v) is 1.66. The number of amides is 1. The van der Waals surface area contributed by atoms with Crippen molar-refractivity contribution in [1.29, 1.82) is 0 Å². The first kappa shape index (κ1) is 14.3. The van der Waals surface area contributed by atoms with Crippen LogP contribution in [0.3, 0.4) is 0 Å². The van der Waals surface area contributed by atoms with Crippen molar-refractivity contribution in [3.8, 4) is 0 Å². The molecule has 0 saturated heterocycles. The number of rotatable bonds is 4. The molecule has 0 saturated carbocycles. The van der Waals surface area contributed by atoms with Gasteiger partial charge in [0.05, 0.1) is 0 Å². The summed E-state index contributed by atoms with van der Waals surface area (Å²) in [6.07, 6.45) is 0. The van der Waals surface area contributed by atoms with Gasteiger partial charge in [-0.25, -0.2) is 0 Å². The zero-order valence-corrected chi connectivity index (χ0v) is 11.8. The summed E-state index contributed by atoms with van der Waals surface area (Å²) in [7, 11) is 1.73. The van der Waals surface area contributed by atoms with Crippen LogP contribution in [0.5, 0.6) is 0 Å². The number of carbonyl (C=O) groups is 1. The molecule has 0 aliphatic rings. The van der Waals surface area contributed by atoms with Crippen molar-refractivity contribution in [2.45, 2.75) is 0 Å². The molecule has 0 aliphatic carbocycles. The second-order valence-electron chi connectivity index (χ2n) is 2.66. The second kappa shape index (κ2) is 8.58. The van der Waals surface area contributed by atoms with E-state index in [9.17, 15) is 4.79 Å². The third-order valence-electron chi connectivity index (χ3n) is 1.66. The van der Waals surface area contributed by atoms with Crippen LogP contribution in [-0.2, 0) is 0 Å². The maximum Gasteiger partial charge on any atom is 1.00 e. The molecule has 0 bridgehead atoms. The van der Waals surface area contributed by atoms with Gasteiger partial charge in [0.1, 0.15) is 0 Å². The number of hydrogen-bond acceptors (Lipinski definition) is 1. The molecular weight excluding hydrogens is 203 g/mol. The van der Waals surface area contributed by atoms with Gasteiger partial charge < -0.3 is 10.6 Å². The normalized spacial score (nSPS) is 8.93. The number of nitrogens with one attached hydrogen (secondary N) is 1. The number of carbonyl (C=O) groups excluding carboxylic acids is 1. The molecule has 0 aromatic heterocycles. The van der Waals surface area contributed by atoms with Crippen LogP contribution in [0.25, 0.3) is 5.32 Å². The standard InChI is InChI=1S/C10H13N2O.K/c1-11-7-8-12-10(13)9-5-3-2-4-6-9;/h2-6H,7-8H2,1H3,(H,12,13);/q-1;+1. The Hall–Kier alpha value is 0.286. The Morgan fingerprint density at radius 1 is 1.36 bits per heavy atom. The first-order valence-electron chi connectivity index (χ1n) is 4.23. The minimum Gasteiger partial charge on any atom is -0.664 e. The van der Waals surface area contributed by atoms with Crippen LogP contribution in [-0.4, -0.2) is 26.0 Å². The SMILES string of the molecule is C[N-]CCNC(=O)c1ccccc1.[K+]. The molecule has 1 aromatic carbocycles. The van der Waals surface area contributed by atoms with Crippen molar-refractivity contribution < 1.29 is 56.2 Å². The average Bonchev–Trinajstić information content (AvgIpc) is 2.19. The molecule has 1 amide bonds. The molecule has 0 aliphatic heterocycles. The van der Waals surface area contributed by atoms with E-state index in [0.717, 1.165) is 0 Å². The van der Waals surface area contributed by atoms with E-state index >= 15 is 0 Å². The minimum absolute atomic E-state index is 0. The molecule has 1 aromatic rings. The van der Waals surface area contributed by atoms with E-state index < -0.39 is 0 Å². The van der Waals surface area contributed by atoms with Crippen molar-refractivity contribution >= 4 is 5.91 Å². The van der Waals surface area contributed by atoms with Crippen molar-refractivity contribution in [3.05, 3.63) is 41.2 Å². The van der Waals surface area contributed by atoms with Gasteiger partial charge in [-0.05, 0) is 18.7 Å². The molecule has 0 atom stereocenters. The molecule has 0 unspecified atom stereocenters. The molecule has 0 radical (unpaired) electrons. The summed E-state index contributed by atoms with van der Waals surface area (Å²) in [6.45, 7) is 1.27. The quantitative estimate of drug-likeness (QED) is 0.479. The van der Waals surface area contributed by atoms with E-state index in [1.807, 2.05) is 18.2 Å². The number of likely N-dealkylation sites (N-methyl/N-ethyl adjacent to an activating group) is 1. The molecule has 0 fully saturated rings. The average molecular weight is 216 g/mol. The Kier molecular flexibility index (Phi) is 8.76. The largest absolute Gasteiger partial charge is 1.00 e. The first-order chi connectivity index (χ1) is 6.34. The summed E-state index contributed by atoms with van der Waals surface area (Å²) in [6, 6.07) is 9.16. The summed E-state index contributed by atoms with van der Waals surface area (Å²) < 4.78 is 0. The van der Waals surface area contributed by atoms with Gasteiger partial charge in [-0.2, -0.15) is 7.05 Å². The number of hydrogen-bond donors (Lipinski definition) is 1. The zero-order chi connectivity index (χ0) is 9.52. The topological polar surface area (TPSA) is 43.2 Å². The van der Waals surface area contributed by atoms with E-state index in [1.165, 1.54) is 0 Å². The van der Waals surface area contributed by atoms with Gasteiger partial charge in [-0.15, -0.1) is 6.54 Å². The fourth-order valence-electron chi connectivity index (χ4n) is 0.973. The summed E-state index contributed by atoms with van der Waals surface area (Å²) in [5.41, 5.74) is 0.693. The minimum atomic E-state index is -0.0377. The van der Waals surface area contributed by atoms with Crippen LogP contribution in [0.2, 0.25) is 0 Å². The van der Waals surface area contributed by atoms with Gasteiger partial charge >= 0.3 is 51.4 Å². The van der Waals surface area contributed by atoms with Crippen molar-refractivity contribution in [1.82, 2.24) is 5.32 Å². The Labute approximate surface area is 127 Å². The van der Waals surface area contributed by atoms with Gasteiger partial charge in [0.25, 0.3) is 5.91 Å². The summed E-state index contributed by atoms with van der Waals surface area (Å²) in [5, 5.41) is 6.65. The van der Waals surface area contributed by atoms with E-state index in [2.05, 4.69) is 10.6 Å². The van der Waals surface area contributed by atoms with Gasteiger partial charge in [0.15, 0.2) is 0 Å². The summed E-state index contributed by atoms with van der Waals surface area (Å²) >= 11 is 0. The van der Waals surface area contributed by atoms with Crippen LogP contribution in [0.4, 0.5) is 0 Å². The smallest absolute Gasteiger partial charge is 0.664 e.